The number of nitrogens with zero attached hydrogens (tertiary/aromatic N) is 1. The third kappa shape index (κ3) is 3.76. The van der Waals surface area contributed by atoms with E-state index in [0.717, 1.165) is 12.1 Å². The first kappa shape index (κ1) is 22.4. The van der Waals surface area contributed by atoms with Crippen molar-refractivity contribution in [1.29, 1.82) is 0 Å². The van der Waals surface area contributed by atoms with E-state index in [9.17, 15) is 23.1 Å². The molecule has 3 rings (SSSR count). The average molecular weight is 460 g/mol. The Morgan fingerprint density at radius 2 is 1.80 bits per heavy atom. The van der Waals surface area contributed by atoms with Gasteiger partial charge in [0.25, 0.3) is 0 Å². The number of hydrogen-bond acceptors (Lipinski definition) is 3. The highest BCUT2D eigenvalue weighted by atomic mass is 35.5. The third-order valence-electron chi connectivity index (χ3n) is 5.69. The number of ether oxygens (including phenoxy) is 1. The van der Waals surface area contributed by atoms with Gasteiger partial charge in [-0.25, -0.2) is 4.98 Å². The summed E-state index contributed by atoms with van der Waals surface area (Å²) in [5.74, 6) is -4.72. The first-order valence-corrected chi connectivity index (χ1v) is 9.70. The highest BCUT2D eigenvalue weighted by molar-refractivity contribution is 6.55. The first-order valence-electron chi connectivity index (χ1n) is 8.95. The Balaban J connectivity index is 2.11. The molecule has 0 aliphatic heterocycles. The summed E-state index contributed by atoms with van der Waals surface area (Å²) in [5.41, 5.74) is -3.95. The molecule has 1 saturated carbocycles. The van der Waals surface area contributed by atoms with Gasteiger partial charge in [0.05, 0.1) is 11.1 Å². The van der Waals surface area contributed by atoms with Gasteiger partial charge in [-0.05, 0) is 29.7 Å². The summed E-state index contributed by atoms with van der Waals surface area (Å²) in [5, 5.41) is 9.95. The van der Waals surface area contributed by atoms with Crippen molar-refractivity contribution < 1.29 is 27.8 Å². The normalized spacial score (nSPS) is 23.4. The largest absolute Gasteiger partial charge is 0.481 e. The van der Waals surface area contributed by atoms with E-state index in [0.29, 0.717) is 5.75 Å². The second kappa shape index (κ2) is 7.78. The van der Waals surface area contributed by atoms with Gasteiger partial charge in [0, 0.05) is 12.0 Å². The lowest BCUT2D eigenvalue weighted by Crippen LogP contribution is -2.39. The van der Waals surface area contributed by atoms with Gasteiger partial charge in [0.2, 0.25) is 5.88 Å². The maximum Gasteiger partial charge on any atom is 0.398 e. The first-order chi connectivity index (χ1) is 13.9. The molecule has 0 amide bonds. The zero-order valence-corrected chi connectivity index (χ0v) is 17.5. The van der Waals surface area contributed by atoms with Crippen molar-refractivity contribution in [3.05, 3.63) is 64.8 Å². The van der Waals surface area contributed by atoms with Crippen LogP contribution in [0.4, 0.5) is 13.2 Å². The lowest BCUT2D eigenvalue weighted by Gasteiger charge is -2.29. The van der Waals surface area contributed by atoms with Crippen molar-refractivity contribution >= 4 is 29.2 Å². The van der Waals surface area contributed by atoms with Gasteiger partial charge in [-0.1, -0.05) is 61.3 Å². The van der Waals surface area contributed by atoms with Gasteiger partial charge < -0.3 is 9.84 Å². The molecule has 0 bridgehead atoms. The van der Waals surface area contributed by atoms with E-state index in [1.165, 1.54) is 26.0 Å². The van der Waals surface area contributed by atoms with Crippen molar-refractivity contribution in [3.8, 4) is 11.6 Å². The molecule has 3 atom stereocenters. The van der Waals surface area contributed by atoms with E-state index >= 15 is 0 Å². The monoisotopic (exact) mass is 459 g/mol. The SMILES string of the molecule is CC1(C)[C@@H](C=C(Cl)Cl)[C@]1(C(=O)O)[C@@H](c1cccc(Oc2ccccc2)n1)C(F)(F)F. The topological polar surface area (TPSA) is 59.4 Å². The Bertz CT molecular complexity index is 975. The van der Waals surface area contributed by atoms with Crippen LogP contribution in [-0.4, -0.2) is 22.2 Å². The maximum absolute atomic E-state index is 14.3. The van der Waals surface area contributed by atoms with Crippen LogP contribution >= 0.6 is 23.2 Å². The average Bonchev–Trinajstić information content (AvgIpc) is 3.10. The summed E-state index contributed by atoms with van der Waals surface area (Å²) in [4.78, 5) is 16.3. The molecule has 2 aromatic rings. The zero-order valence-electron chi connectivity index (χ0n) is 16.0. The van der Waals surface area contributed by atoms with E-state index in [2.05, 4.69) is 4.98 Å². The van der Waals surface area contributed by atoms with Gasteiger partial charge in [-0.3, -0.25) is 4.79 Å². The number of aromatic nitrogens is 1. The molecule has 30 heavy (non-hydrogen) atoms. The molecule has 9 heteroatoms. The summed E-state index contributed by atoms with van der Waals surface area (Å²) >= 11 is 11.3. The highest BCUT2D eigenvalue weighted by Gasteiger charge is 2.82. The molecule has 1 fully saturated rings. The van der Waals surface area contributed by atoms with Crippen LogP contribution in [0.3, 0.4) is 0 Å². The number of alkyl halides is 3. The quantitative estimate of drug-likeness (QED) is 0.530. The second-order valence-electron chi connectivity index (χ2n) is 7.62. The molecule has 1 aliphatic rings. The summed E-state index contributed by atoms with van der Waals surface area (Å²) in [6.07, 6.45) is -3.74. The van der Waals surface area contributed by atoms with Crippen LogP contribution < -0.4 is 4.74 Å². The van der Waals surface area contributed by atoms with Crippen LogP contribution in [0, 0.1) is 16.7 Å². The smallest absolute Gasteiger partial charge is 0.398 e. The molecule has 0 unspecified atom stereocenters. The Morgan fingerprint density at radius 3 is 2.33 bits per heavy atom. The fourth-order valence-corrected chi connectivity index (χ4v) is 4.56. The van der Waals surface area contributed by atoms with E-state index < -0.39 is 40.5 Å². The third-order valence-corrected chi connectivity index (χ3v) is 5.94. The minimum atomic E-state index is -4.89. The van der Waals surface area contributed by atoms with E-state index in [1.807, 2.05) is 0 Å². The molecule has 0 spiro atoms. The van der Waals surface area contributed by atoms with E-state index in [1.54, 1.807) is 30.3 Å². The minimum Gasteiger partial charge on any atom is -0.481 e. The van der Waals surface area contributed by atoms with Crippen molar-refractivity contribution in [2.24, 2.45) is 16.7 Å². The van der Waals surface area contributed by atoms with Crippen LogP contribution in [0.2, 0.25) is 0 Å². The van der Waals surface area contributed by atoms with Gasteiger partial charge in [-0.15, -0.1) is 0 Å². The molecule has 1 heterocycles. The van der Waals surface area contributed by atoms with Crippen molar-refractivity contribution in [2.75, 3.05) is 0 Å². The standard InChI is InChI=1S/C21H18Cl2F3NO3/c1-19(2)14(11-15(22)23)20(19,18(28)29)17(21(24,25)26)13-9-6-10-16(27-13)30-12-7-4-3-5-8-12/h3-11,14,17H,1-2H3,(H,28,29)/t14-,17-,20-/m1/s1. The Hall–Kier alpha value is -2.25. The molecule has 1 aromatic heterocycles. The second-order valence-corrected chi connectivity index (χ2v) is 8.63. The lowest BCUT2D eigenvalue weighted by atomic mass is 9.79. The predicted octanol–water partition coefficient (Wildman–Crippen LogP) is 6.57. The molecular weight excluding hydrogens is 442 g/mol. The minimum absolute atomic E-state index is 0.0746. The maximum atomic E-state index is 14.3. The van der Waals surface area contributed by atoms with Gasteiger partial charge in [0.15, 0.2) is 0 Å². The summed E-state index contributed by atoms with van der Waals surface area (Å²) in [7, 11) is 0. The van der Waals surface area contributed by atoms with E-state index in [-0.39, 0.29) is 10.4 Å². The number of carboxylic acid groups (broad SMARTS) is 1. The van der Waals surface area contributed by atoms with Crippen molar-refractivity contribution in [1.82, 2.24) is 4.98 Å². The number of aliphatic carboxylic acids is 1. The number of allylic oxidation sites excluding steroid dienone is 1. The molecule has 1 aliphatic carbocycles. The van der Waals surface area contributed by atoms with Crippen LogP contribution in [-0.2, 0) is 4.79 Å². The summed E-state index contributed by atoms with van der Waals surface area (Å²) in [6, 6.07) is 12.3. The van der Waals surface area contributed by atoms with Gasteiger partial charge in [0.1, 0.15) is 16.2 Å². The molecule has 1 aromatic carbocycles. The lowest BCUT2D eigenvalue weighted by molar-refractivity contribution is -0.184. The molecule has 160 valence electrons. The van der Waals surface area contributed by atoms with E-state index in [4.69, 9.17) is 27.9 Å². The number of carbonyl (C=O) groups is 1. The Morgan fingerprint density at radius 1 is 1.17 bits per heavy atom. The van der Waals surface area contributed by atoms with Crippen LogP contribution in [0.25, 0.3) is 0 Å². The Labute approximate surface area is 181 Å². The highest BCUT2D eigenvalue weighted by Crippen LogP contribution is 2.77. The van der Waals surface area contributed by atoms with Crippen LogP contribution in [0.1, 0.15) is 25.5 Å². The number of hydrogen-bond donors (Lipinski definition) is 1. The number of carboxylic acids is 1. The molecule has 1 N–H and O–H groups in total. The number of rotatable bonds is 6. The number of benzene rings is 1. The van der Waals surface area contributed by atoms with Crippen molar-refractivity contribution in [2.45, 2.75) is 25.9 Å². The summed E-state index contributed by atoms with van der Waals surface area (Å²) in [6.45, 7) is 2.89. The molecule has 0 saturated heterocycles. The molecule has 4 nitrogen and oxygen atoms in total. The zero-order chi connectivity index (χ0) is 22.3. The van der Waals surface area contributed by atoms with Gasteiger partial charge in [-0.2, -0.15) is 13.2 Å². The fraction of sp³-hybridized carbons (Fsp3) is 0.333. The number of pyridine rings is 1. The summed E-state index contributed by atoms with van der Waals surface area (Å²) < 4.78 is 48.1. The number of para-hydroxylation sites is 1. The van der Waals surface area contributed by atoms with Crippen LogP contribution in [0.5, 0.6) is 11.6 Å². The molecular formula is C21H18Cl2F3NO3. The molecule has 0 radical (unpaired) electrons. The van der Waals surface area contributed by atoms with Crippen molar-refractivity contribution in [3.63, 3.8) is 0 Å². The Kier molecular flexibility index (Phi) is 5.82. The van der Waals surface area contributed by atoms with Gasteiger partial charge >= 0.3 is 12.1 Å². The number of halogens is 5. The fourth-order valence-electron chi connectivity index (χ4n) is 4.30. The van der Waals surface area contributed by atoms with Crippen LogP contribution in [0.15, 0.2) is 59.1 Å². The predicted molar refractivity (Wildman–Crippen MR) is 107 cm³/mol.